The van der Waals surface area contributed by atoms with E-state index in [4.69, 9.17) is 4.74 Å². The molecule has 0 aromatic heterocycles. The van der Waals surface area contributed by atoms with Crippen molar-refractivity contribution in [3.63, 3.8) is 0 Å². The molecule has 0 heterocycles. The lowest BCUT2D eigenvalue weighted by Crippen LogP contribution is -2.22. The van der Waals surface area contributed by atoms with Gasteiger partial charge in [-0.05, 0) is 30.7 Å². The zero-order chi connectivity index (χ0) is 10.6. The fourth-order valence-corrected chi connectivity index (χ4v) is 0.944. The number of hydrogen-bond acceptors (Lipinski definition) is 1. The Kier molecular flexibility index (Phi) is 3.23. The Hall–Kier alpha value is -1.38. The molecule has 0 aliphatic rings. The van der Waals surface area contributed by atoms with Crippen molar-refractivity contribution in [2.75, 3.05) is 6.61 Å². The van der Waals surface area contributed by atoms with E-state index in [1.165, 1.54) is 0 Å². The quantitative estimate of drug-likeness (QED) is 0.675. The van der Waals surface area contributed by atoms with Crippen molar-refractivity contribution in [1.82, 2.24) is 0 Å². The van der Waals surface area contributed by atoms with Crippen LogP contribution in [0.3, 0.4) is 0 Å². The van der Waals surface area contributed by atoms with E-state index in [0.717, 1.165) is 5.56 Å². The topological polar surface area (TPSA) is 9.23 Å². The first kappa shape index (κ1) is 10.7. The molecule has 0 N–H and O–H groups in total. The van der Waals surface area contributed by atoms with Crippen LogP contribution in [0.4, 0.5) is 8.78 Å². The minimum absolute atomic E-state index is 0.450. The van der Waals surface area contributed by atoms with Crippen molar-refractivity contribution >= 4 is 0 Å². The zero-order valence-corrected chi connectivity index (χ0v) is 7.97. The van der Waals surface area contributed by atoms with Gasteiger partial charge >= 0.3 is 0 Å². The molecule has 76 valence electrons. The normalized spacial score (nSPS) is 11.1. The lowest BCUT2D eigenvalue weighted by Gasteiger charge is -2.12. The van der Waals surface area contributed by atoms with Crippen LogP contribution < -0.4 is 4.74 Å². The van der Waals surface area contributed by atoms with Crippen LogP contribution in [0.25, 0.3) is 0 Å². The van der Waals surface area contributed by atoms with Gasteiger partial charge in [0.1, 0.15) is 5.75 Å². The predicted octanol–water partition coefficient (Wildman–Crippen LogP) is 3.20. The smallest absolute Gasteiger partial charge is 0.299 e. The summed E-state index contributed by atoms with van der Waals surface area (Å²) in [5, 5.41) is 0. The van der Waals surface area contributed by atoms with Crippen molar-refractivity contribution in [1.29, 1.82) is 0 Å². The first-order valence-corrected chi connectivity index (χ1v) is 4.24. The molecule has 0 aliphatic heterocycles. The van der Waals surface area contributed by atoms with Crippen molar-refractivity contribution < 1.29 is 13.5 Å². The third-order valence-corrected chi connectivity index (χ3v) is 1.72. The summed E-state index contributed by atoms with van der Waals surface area (Å²) in [6, 6.07) is 6.99. The lowest BCUT2D eigenvalue weighted by molar-refractivity contribution is 0.00543. The molecule has 1 aromatic rings. The van der Waals surface area contributed by atoms with Crippen LogP contribution in [-0.4, -0.2) is 12.5 Å². The maximum atomic E-state index is 12.7. The number of rotatable bonds is 4. The fraction of sp³-hybridized carbons (Fsp3) is 0.273. The maximum Gasteiger partial charge on any atom is 0.299 e. The van der Waals surface area contributed by atoms with Crippen molar-refractivity contribution in [2.45, 2.75) is 12.8 Å². The molecule has 0 fully saturated rings. The van der Waals surface area contributed by atoms with E-state index in [-0.39, 0.29) is 0 Å². The summed E-state index contributed by atoms with van der Waals surface area (Å²) in [7, 11) is 0. The fourth-order valence-electron chi connectivity index (χ4n) is 0.944. The molecule has 3 heteroatoms. The number of alkyl halides is 2. The molecular formula is C11H12F2O. The molecule has 0 unspecified atom stereocenters. The zero-order valence-electron chi connectivity index (χ0n) is 7.97. The minimum atomic E-state index is -2.97. The first-order chi connectivity index (χ1) is 6.53. The van der Waals surface area contributed by atoms with E-state index in [2.05, 4.69) is 6.58 Å². The Morgan fingerprint density at radius 2 is 2.21 bits per heavy atom. The van der Waals surface area contributed by atoms with Crippen molar-refractivity contribution in [2.24, 2.45) is 0 Å². The van der Waals surface area contributed by atoms with Crippen LogP contribution in [0.5, 0.6) is 5.75 Å². The van der Waals surface area contributed by atoms with Crippen LogP contribution in [-0.2, 0) is 0 Å². The molecule has 0 amide bonds. The molecule has 0 radical (unpaired) electrons. The lowest BCUT2D eigenvalue weighted by atomic mass is 10.2. The molecule has 14 heavy (non-hydrogen) atoms. The molecule has 1 aromatic carbocycles. The highest BCUT2D eigenvalue weighted by molar-refractivity contribution is 5.27. The first-order valence-electron chi connectivity index (χ1n) is 4.24. The Labute approximate surface area is 82.0 Å². The van der Waals surface area contributed by atoms with Gasteiger partial charge in [-0.2, -0.15) is 8.78 Å². The average molecular weight is 198 g/mol. The Bertz CT molecular complexity index is 321. The second-order valence-electron chi connectivity index (χ2n) is 3.07. The summed E-state index contributed by atoms with van der Waals surface area (Å²) in [5.41, 5.74) is 0.976. The standard InChI is InChI=1S/C11H12F2O/c1-3-11(12,13)8-14-10-6-4-5-9(2)7-10/h3-7H,1,8H2,2H3. The van der Waals surface area contributed by atoms with Gasteiger partial charge in [-0.1, -0.05) is 18.7 Å². The molecule has 0 saturated heterocycles. The predicted molar refractivity (Wildman–Crippen MR) is 51.8 cm³/mol. The Morgan fingerprint density at radius 3 is 2.79 bits per heavy atom. The van der Waals surface area contributed by atoms with Crippen LogP contribution in [0.2, 0.25) is 0 Å². The van der Waals surface area contributed by atoms with Crippen LogP contribution in [0, 0.1) is 6.92 Å². The van der Waals surface area contributed by atoms with E-state index in [9.17, 15) is 8.78 Å². The van der Waals surface area contributed by atoms with Gasteiger partial charge in [-0.15, -0.1) is 0 Å². The SMILES string of the molecule is C=CC(F)(F)COc1cccc(C)c1. The number of hydrogen-bond donors (Lipinski definition) is 0. The summed E-state index contributed by atoms with van der Waals surface area (Å²) in [6.45, 7) is 4.24. The Balaban J connectivity index is 2.58. The number of benzene rings is 1. The van der Waals surface area contributed by atoms with Gasteiger partial charge < -0.3 is 4.74 Å². The number of ether oxygens (including phenoxy) is 1. The van der Waals surface area contributed by atoms with Crippen LogP contribution >= 0.6 is 0 Å². The van der Waals surface area contributed by atoms with E-state index >= 15 is 0 Å². The maximum absolute atomic E-state index is 12.7. The summed E-state index contributed by atoms with van der Waals surface area (Å²) in [5.74, 6) is -2.52. The van der Waals surface area contributed by atoms with Gasteiger partial charge in [-0.3, -0.25) is 0 Å². The van der Waals surface area contributed by atoms with Gasteiger partial charge in [0, 0.05) is 0 Å². The molecule has 0 saturated carbocycles. The molecule has 0 spiro atoms. The summed E-state index contributed by atoms with van der Waals surface area (Å²) in [4.78, 5) is 0. The van der Waals surface area contributed by atoms with E-state index in [1.54, 1.807) is 18.2 Å². The monoisotopic (exact) mass is 198 g/mol. The average Bonchev–Trinajstić information content (AvgIpc) is 2.15. The van der Waals surface area contributed by atoms with Crippen LogP contribution in [0.15, 0.2) is 36.9 Å². The van der Waals surface area contributed by atoms with E-state index < -0.39 is 12.5 Å². The second-order valence-corrected chi connectivity index (χ2v) is 3.07. The highest BCUT2D eigenvalue weighted by atomic mass is 19.3. The Morgan fingerprint density at radius 1 is 1.50 bits per heavy atom. The highest BCUT2D eigenvalue weighted by Crippen LogP contribution is 2.18. The van der Waals surface area contributed by atoms with Crippen molar-refractivity contribution in [3.8, 4) is 5.75 Å². The van der Waals surface area contributed by atoms with E-state index in [1.807, 2.05) is 13.0 Å². The van der Waals surface area contributed by atoms with Crippen LogP contribution in [0.1, 0.15) is 5.56 Å². The molecule has 0 aliphatic carbocycles. The molecular weight excluding hydrogens is 186 g/mol. The molecule has 1 rings (SSSR count). The third kappa shape index (κ3) is 3.17. The van der Waals surface area contributed by atoms with E-state index in [0.29, 0.717) is 11.8 Å². The molecule has 1 nitrogen and oxygen atoms in total. The molecule has 0 bridgehead atoms. The largest absolute Gasteiger partial charge is 0.487 e. The summed E-state index contributed by atoms with van der Waals surface area (Å²) >= 11 is 0. The number of halogens is 2. The van der Waals surface area contributed by atoms with Gasteiger partial charge in [-0.25, -0.2) is 0 Å². The van der Waals surface area contributed by atoms with Gasteiger partial charge in [0.25, 0.3) is 5.92 Å². The minimum Gasteiger partial charge on any atom is -0.487 e. The number of aryl methyl sites for hydroxylation is 1. The van der Waals surface area contributed by atoms with Gasteiger partial charge in [0.15, 0.2) is 6.61 Å². The molecule has 0 atom stereocenters. The second kappa shape index (κ2) is 4.22. The van der Waals surface area contributed by atoms with Crippen molar-refractivity contribution in [3.05, 3.63) is 42.5 Å². The third-order valence-electron chi connectivity index (χ3n) is 1.72. The summed E-state index contributed by atoms with van der Waals surface area (Å²) in [6.07, 6.45) is 0.586. The highest BCUT2D eigenvalue weighted by Gasteiger charge is 2.24. The van der Waals surface area contributed by atoms with Gasteiger partial charge in [0.05, 0.1) is 0 Å². The van der Waals surface area contributed by atoms with Gasteiger partial charge in [0.2, 0.25) is 0 Å². The summed E-state index contributed by atoms with van der Waals surface area (Å²) < 4.78 is 30.3.